The molecule has 0 bridgehead atoms. The van der Waals surface area contributed by atoms with Crippen molar-refractivity contribution in [1.29, 1.82) is 0 Å². The molecule has 0 saturated heterocycles. The fraction of sp³-hybridized carbons (Fsp3) is 0.900. The normalized spacial score (nSPS) is 15.1. The lowest BCUT2D eigenvalue weighted by Gasteiger charge is -2.10. The molecule has 0 rings (SSSR count). The molecule has 78 valence electrons. The van der Waals surface area contributed by atoms with Crippen LogP contribution in [0, 0.1) is 5.92 Å². The van der Waals surface area contributed by atoms with Crippen LogP contribution in [0.4, 0.5) is 0 Å². The van der Waals surface area contributed by atoms with Crippen molar-refractivity contribution < 1.29 is 4.79 Å². The molecule has 2 unspecified atom stereocenters. The van der Waals surface area contributed by atoms with Crippen LogP contribution in [-0.4, -0.2) is 18.5 Å². The van der Waals surface area contributed by atoms with Crippen molar-refractivity contribution in [1.82, 2.24) is 5.32 Å². The highest BCUT2D eigenvalue weighted by atomic mass is 16.1. The summed E-state index contributed by atoms with van der Waals surface area (Å²) in [5.41, 5.74) is 5.54. The number of hydrogen-bond donors (Lipinski definition) is 2. The van der Waals surface area contributed by atoms with Crippen molar-refractivity contribution in [3.05, 3.63) is 0 Å². The fourth-order valence-electron chi connectivity index (χ4n) is 0.880. The van der Waals surface area contributed by atoms with Crippen molar-refractivity contribution in [3.63, 3.8) is 0 Å². The van der Waals surface area contributed by atoms with Crippen molar-refractivity contribution in [2.45, 2.75) is 46.1 Å². The minimum Gasteiger partial charge on any atom is -0.356 e. The Kier molecular flexibility index (Phi) is 6.59. The monoisotopic (exact) mass is 186 g/mol. The maximum Gasteiger partial charge on any atom is 0.220 e. The zero-order valence-electron chi connectivity index (χ0n) is 8.97. The third-order valence-electron chi connectivity index (χ3n) is 2.17. The van der Waals surface area contributed by atoms with E-state index in [0.717, 1.165) is 19.4 Å². The molecule has 0 fully saturated rings. The van der Waals surface area contributed by atoms with Crippen molar-refractivity contribution in [2.24, 2.45) is 11.7 Å². The zero-order chi connectivity index (χ0) is 10.3. The molecular formula is C10H22N2O. The SMILES string of the molecule is CCC(C)CNC(=O)CCC(C)N. The average molecular weight is 186 g/mol. The van der Waals surface area contributed by atoms with Gasteiger partial charge in [-0.05, 0) is 19.3 Å². The van der Waals surface area contributed by atoms with Crippen LogP contribution in [0.5, 0.6) is 0 Å². The van der Waals surface area contributed by atoms with Crippen LogP contribution in [0.25, 0.3) is 0 Å². The molecule has 0 aromatic rings. The van der Waals surface area contributed by atoms with Gasteiger partial charge in [0.15, 0.2) is 0 Å². The Balaban J connectivity index is 3.40. The zero-order valence-corrected chi connectivity index (χ0v) is 8.97. The van der Waals surface area contributed by atoms with Crippen LogP contribution in [-0.2, 0) is 4.79 Å². The van der Waals surface area contributed by atoms with Crippen molar-refractivity contribution >= 4 is 5.91 Å². The number of hydrogen-bond acceptors (Lipinski definition) is 2. The molecular weight excluding hydrogens is 164 g/mol. The molecule has 0 spiro atoms. The van der Waals surface area contributed by atoms with Crippen LogP contribution in [0.1, 0.15) is 40.0 Å². The van der Waals surface area contributed by atoms with Crippen LogP contribution in [0.2, 0.25) is 0 Å². The highest BCUT2D eigenvalue weighted by Crippen LogP contribution is 1.98. The van der Waals surface area contributed by atoms with E-state index in [9.17, 15) is 4.79 Å². The number of nitrogens with two attached hydrogens (primary N) is 1. The maximum absolute atomic E-state index is 11.2. The Morgan fingerprint density at radius 1 is 1.46 bits per heavy atom. The number of nitrogens with one attached hydrogen (secondary N) is 1. The van der Waals surface area contributed by atoms with Gasteiger partial charge in [0.05, 0.1) is 0 Å². The molecule has 3 heteroatoms. The summed E-state index contributed by atoms with van der Waals surface area (Å²) in [5.74, 6) is 0.692. The first-order valence-corrected chi connectivity index (χ1v) is 5.08. The first-order chi connectivity index (χ1) is 6.06. The molecule has 0 heterocycles. The summed E-state index contributed by atoms with van der Waals surface area (Å²) in [7, 11) is 0. The number of carbonyl (C=O) groups excluding carboxylic acids is 1. The number of carbonyl (C=O) groups is 1. The Labute approximate surface area is 81.1 Å². The smallest absolute Gasteiger partial charge is 0.220 e. The Morgan fingerprint density at radius 3 is 2.54 bits per heavy atom. The first kappa shape index (κ1) is 12.4. The quantitative estimate of drug-likeness (QED) is 0.656. The van der Waals surface area contributed by atoms with E-state index in [1.165, 1.54) is 0 Å². The molecule has 0 aromatic heterocycles. The summed E-state index contributed by atoms with van der Waals surface area (Å²) >= 11 is 0. The van der Waals surface area contributed by atoms with Crippen LogP contribution < -0.4 is 11.1 Å². The number of rotatable bonds is 6. The van der Waals surface area contributed by atoms with Crippen LogP contribution >= 0.6 is 0 Å². The van der Waals surface area contributed by atoms with Gasteiger partial charge in [0.2, 0.25) is 5.91 Å². The van der Waals surface area contributed by atoms with Crippen LogP contribution in [0.15, 0.2) is 0 Å². The second-order valence-corrected chi connectivity index (χ2v) is 3.83. The van der Waals surface area contributed by atoms with Crippen LogP contribution in [0.3, 0.4) is 0 Å². The standard InChI is InChI=1S/C10H22N2O/c1-4-8(2)7-12-10(13)6-5-9(3)11/h8-9H,4-7,11H2,1-3H3,(H,12,13). The molecule has 0 aromatic carbocycles. The summed E-state index contributed by atoms with van der Waals surface area (Å²) in [6.45, 7) is 6.96. The highest BCUT2D eigenvalue weighted by Gasteiger charge is 2.04. The molecule has 0 radical (unpaired) electrons. The lowest BCUT2D eigenvalue weighted by molar-refractivity contribution is -0.121. The summed E-state index contributed by atoms with van der Waals surface area (Å²) in [6.07, 6.45) is 2.42. The third kappa shape index (κ3) is 7.78. The van der Waals surface area contributed by atoms with E-state index in [1.807, 2.05) is 6.92 Å². The predicted octanol–water partition coefficient (Wildman–Crippen LogP) is 1.28. The Bertz CT molecular complexity index is 146. The molecule has 0 saturated carbocycles. The third-order valence-corrected chi connectivity index (χ3v) is 2.17. The van der Waals surface area contributed by atoms with E-state index in [0.29, 0.717) is 12.3 Å². The molecule has 3 N–H and O–H groups in total. The highest BCUT2D eigenvalue weighted by molar-refractivity contribution is 5.75. The van der Waals surface area contributed by atoms with E-state index < -0.39 is 0 Å². The topological polar surface area (TPSA) is 55.1 Å². The number of amides is 1. The Hall–Kier alpha value is -0.570. The molecule has 1 amide bonds. The van der Waals surface area contributed by atoms with Crippen molar-refractivity contribution in [3.8, 4) is 0 Å². The first-order valence-electron chi connectivity index (χ1n) is 5.08. The van der Waals surface area contributed by atoms with Gasteiger partial charge in [-0.15, -0.1) is 0 Å². The molecule has 0 aliphatic heterocycles. The molecule has 0 aliphatic carbocycles. The van der Waals surface area contributed by atoms with Gasteiger partial charge in [0.25, 0.3) is 0 Å². The van der Waals surface area contributed by atoms with E-state index in [2.05, 4.69) is 19.2 Å². The summed E-state index contributed by atoms with van der Waals surface area (Å²) in [4.78, 5) is 11.2. The van der Waals surface area contributed by atoms with Gasteiger partial charge in [0.1, 0.15) is 0 Å². The lowest BCUT2D eigenvalue weighted by atomic mass is 10.1. The van der Waals surface area contributed by atoms with E-state index >= 15 is 0 Å². The summed E-state index contributed by atoms with van der Waals surface area (Å²) < 4.78 is 0. The minimum absolute atomic E-state index is 0.120. The molecule has 13 heavy (non-hydrogen) atoms. The van der Waals surface area contributed by atoms with Gasteiger partial charge in [-0.3, -0.25) is 4.79 Å². The predicted molar refractivity (Wildman–Crippen MR) is 55.3 cm³/mol. The fourth-order valence-corrected chi connectivity index (χ4v) is 0.880. The van der Waals surface area contributed by atoms with Gasteiger partial charge in [0, 0.05) is 19.0 Å². The van der Waals surface area contributed by atoms with Gasteiger partial charge < -0.3 is 11.1 Å². The average Bonchev–Trinajstić information content (AvgIpc) is 2.10. The molecule has 0 aliphatic rings. The largest absolute Gasteiger partial charge is 0.356 e. The maximum atomic E-state index is 11.2. The minimum atomic E-state index is 0.120. The lowest BCUT2D eigenvalue weighted by Crippen LogP contribution is -2.29. The van der Waals surface area contributed by atoms with E-state index in [4.69, 9.17) is 5.73 Å². The van der Waals surface area contributed by atoms with Gasteiger partial charge in [-0.25, -0.2) is 0 Å². The molecule has 3 nitrogen and oxygen atoms in total. The second-order valence-electron chi connectivity index (χ2n) is 3.83. The van der Waals surface area contributed by atoms with Gasteiger partial charge in [-0.2, -0.15) is 0 Å². The Morgan fingerprint density at radius 2 is 2.08 bits per heavy atom. The van der Waals surface area contributed by atoms with Gasteiger partial charge >= 0.3 is 0 Å². The van der Waals surface area contributed by atoms with Crippen molar-refractivity contribution in [2.75, 3.05) is 6.54 Å². The second kappa shape index (κ2) is 6.89. The summed E-state index contributed by atoms with van der Waals surface area (Å²) in [5, 5.41) is 2.89. The summed E-state index contributed by atoms with van der Waals surface area (Å²) in [6, 6.07) is 0.120. The van der Waals surface area contributed by atoms with E-state index in [1.54, 1.807) is 0 Å². The van der Waals surface area contributed by atoms with E-state index in [-0.39, 0.29) is 11.9 Å². The molecule has 2 atom stereocenters. The van der Waals surface area contributed by atoms with Gasteiger partial charge in [-0.1, -0.05) is 20.3 Å².